The van der Waals surface area contributed by atoms with E-state index in [9.17, 15) is 19.5 Å². The zero-order valence-electron chi connectivity index (χ0n) is 17.2. The number of rotatable bonds is 8. The third-order valence-electron chi connectivity index (χ3n) is 4.56. The SMILES string of the molecule is COc1ccc(/C=C2\SC(=S)N(CCC(=O)Nc3ccccc3C(=O)[O-])C2=O)cc1OC. The van der Waals surface area contributed by atoms with Crippen molar-refractivity contribution < 1.29 is 29.0 Å². The largest absolute Gasteiger partial charge is 0.545 e. The summed E-state index contributed by atoms with van der Waals surface area (Å²) in [5.74, 6) is -1.04. The van der Waals surface area contributed by atoms with Crippen molar-refractivity contribution in [2.75, 3.05) is 26.1 Å². The van der Waals surface area contributed by atoms with Gasteiger partial charge in [-0.3, -0.25) is 14.5 Å². The molecule has 0 spiro atoms. The van der Waals surface area contributed by atoms with Crippen LogP contribution >= 0.6 is 24.0 Å². The van der Waals surface area contributed by atoms with Gasteiger partial charge >= 0.3 is 0 Å². The van der Waals surface area contributed by atoms with E-state index in [1.165, 1.54) is 37.3 Å². The van der Waals surface area contributed by atoms with Gasteiger partial charge in [-0.05, 0) is 29.8 Å². The van der Waals surface area contributed by atoms with Crippen LogP contribution in [-0.2, 0) is 9.59 Å². The highest BCUT2D eigenvalue weighted by atomic mass is 32.2. The highest BCUT2D eigenvalue weighted by Crippen LogP contribution is 2.34. The second-order valence-corrected chi connectivity index (χ2v) is 8.25. The summed E-state index contributed by atoms with van der Waals surface area (Å²) < 4.78 is 10.8. The molecule has 10 heteroatoms. The number of hydrogen-bond donors (Lipinski definition) is 1. The molecule has 2 amide bonds. The third kappa shape index (κ3) is 5.27. The van der Waals surface area contributed by atoms with Crippen LogP contribution in [0.5, 0.6) is 11.5 Å². The van der Waals surface area contributed by atoms with Crippen LogP contribution in [0.15, 0.2) is 47.4 Å². The second kappa shape index (κ2) is 10.3. The van der Waals surface area contributed by atoms with E-state index in [1.807, 2.05) is 0 Å². The number of carboxylic acid groups (broad SMARTS) is 1. The van der Waals surface area contributed by atoms with E-state index in [1.54, 1.807) is 30.3 Å². The Labute approximate surface area is 194 Å². The number of thiocarbonyl (C=S) groups is 1. The van der Waals surface area contributed by atoms with Crippen molar-refractivity contribution in [1.29, 1.82) is 0 Å². The van der Waals surface area contributed by atoms with Crippen molar-refractivity contribution in [3.63, 3.8) is 0 Å². The number of nitrogens with zero attached hydrogens (tertiary/aromatic N) is 1. The molecule has 0 aliphatic carbocycles. The lowest BCUT2D eigenvalue weighted by Crippen LogP contribution is -2.32. The number of para-hydroxylation sites is 1. The Balaban J connectivity index is 1.66. The molecule has 3 rings (SSSR count). The molecule has 8 nitrogen and oxygen atoms in total. The molecule has 1 aliphatic heterocycles. The van der Waals surface area contributed by atoms with Crippen LogP contribution in [0.2, 0.25) is 0 Å². The van der Waals surface area contributed by atoms with Crippen LogP contribution in [0, 0.1) is 0 Å². The zero-order valence-corrected chi connectivity index (χ0v) is 18.9. The topological polar surface area (TPSA) is 108 Å². The number of amides is 2. The van der Waals surface area contributed by atoms with Crippen molar-refractivity contribution in [1.82, 2.24) is 4.90 Å². The van der Waals surface area contributed by atoms with Gasteiger partial charge in [0.05, 0.1) is 25.1 Å². The number of aromatic carboxylic acids is 1. The maximum Gasteiger partial charge on any atom is 0.266 e. The van der Waals surface area contributed by atoms with Gasteiger partial charge in [-0.2, -0.15) is 0 Å². The first-order valence-corrected chi connectivity index (χ1v) is 10.6. The van der Waals surface area contributed by atoms with Crippen molar-refractivity contribution in [2.45, 2.75) is 6.42 Å². The van der Waals surface area contributed by atoms with Crippen molar-refractivity contribution in [3.8, 4) is 11.5 Å². The highest BCUT2D eigenvalue weighted by Gasteiger charge is 2.32. The van der Waals surface area contributed by atoms with Gasteiger partial charge < -0.3 is 24.7 Å². The quantitative estimate of drug-likeness (QED) is 0.462. The number of thioether (sulfide) groups is 1. The molecule has 0 atom stereocenters. The predicted octanol–water partition coefficient (Wildman–Crippen LogP) is 2.30. The summed E-state index contributed by atoms with van der Waals surface area (Å²) in [7, 11) is 3.06. The highest BCUT2D eigenvalue weighted by molar-refractivity contribution is 8.26. The van der Waals surface area contributed by atoms with E-state index in [2.05, 4.69) is 5.32 Å². The lowest BCUT2D eigenvalue weighted by Gasteiger charge is -2.15. The Morgan fingerprint density at radius 1 is 1.16 bits per heavy atom. The molecule has 0 saturated carbocycles. The molecule has 0 aromatic heterocycles. The second-order valence-electron chi connectivity index (χ2n) is 6.58. The van der Waals surface area contributed by atoms with Crippen LogP contribution in [-0.4, -0.2) is 47.8 Å². The number of hydrogen-bond acceptors (Lipinski definition) is 8. The van der Waals surface area contributed by atoms with Crippen molar-refractivity contribution in [3.05, 3.63) is 58.5 Å². The lowest BCUT2D eigenvalue weighted by molar-refractivity contribution is -0.254. The minimum Gasteiger partial charge on any atom is -0.545 e. The van der Waals surface area contributed by atoms with Crippen LogP contribution in [0.4, 0.5) is 5.69 Å². The molecule has 1 saturated heterocycles. The fourth-order valence-electron chi connectivity index (χ4n) is 2.98. The molecule has 0 radical (unpaired) electrons. The van der Waals surface area contributed by atoms with E-state index < -0.39 is 11.9 Å². The Morgan fingerprint density at radius 3 is 2.56 bits per heavy atom. The number of carbonyl (C=O) groups is 3. The average molecular weight is 472 g/mol. The number of nitrogens with one attached hydrogen (secondary N) is 1. The van der Waals surface area contributed by atoms with E-state index >= 15 is 0 Å². The minimum atomic E-state index is -1.39. The Kier molecular flexibility index (Phi) is 7.49. The minimum absolute atomic E-state index is 0.0581. The number of carbonyl (C=O) groups excluding carboxylic acids is 3. The summed E-state index contributed by atoms with van der Waals surface area (Å²) >= 11 is 6.44. The number of benzene rings is 2. The molecule has 0 unspecified atom stereocenters. The fraction of sp³-hybridized carbons (Fsp3) is 0.182. The average Bonchev–Trinajstić information content (AvgIpc) is 3.04. The van der Waals surface area contributed by atoms with E-state index in [0.29, 0.717) is 20.7 Å². The van der Waals surface area contributed by atoms with Crippen LogP contribution in [0.25, 0.3) is 6.08 Å². The molecular weight excluding hydrogens is 452 g/mol. The summed E-state index contributed by atoms with van der Waals surface area (Å²) in [6.45, 7) is 0.0628. The van der Waals surface area contributed by atoms with E-state index in [0.717, 1.165) is 17.3 Å². The van der Waals surface area contributed by atoms with Gasteiger partial charge in [-0.25, -0.2) is 0 Å². The molecule has 1 heterocycles. The normalized spacial score (nSPS) is 14.6. The van der Waals surface area contributed by atoms with Gasteiger partial charge in [-0.15, -0.1) is 0 Å². The predicted molar refractivity (Wildman–Crippen MR) is 123 cm³/mol. The summed E-state index contributed by atoms with van der Waals surface area (Å²) in [5.41, 5.74) is 0.750. The van der Waals surface area contributed by atoms with Gasteiger partial charge in [0, 0.05) is 24.2 Å². The maximum absolute atomic E-state index is 12.8. The molecule has 166 valence electrons. The van der Waals surface area contributed by atoms with Gasteiger partial charge in [0.1, 0.15) is 4.32 Å². The van der Waals surface area contributed by atoms with Crippen LogP contribution in [0.1, 0.15) is 22.3 Å². The van der Waals surface area contributed by atoms with Gasteiger partial charge in [0.2, 0.25) is 5.91 Å². The number of anilines is 1. The molecule has 0 bridgehead atoms. The Hall–Kier alpha value is -3.37. The first-order chi connectivity index (χ1) is 15.3. The Bertz CT molecular complexity index is 1120. The summed E-state index contributed by atoms with van der Waals surface area (Å²) in [4.78, 5) is 38.0. The first kappa shape index (κ1) is 23.3. The molecule has 1 aliphatic rings. The van der Waals surface area contributed by atoms with Crippen molar-refractivity contribution >= 4 is 57.8 Å². The van der Waals surface area contributed by atoms with Crippen LogP contribution in [0.3, 0.4) is 0 Å². The molecule has 1 N–H and O–H groups in total. The molecule has 1 fully saturated rings. The zero-order chi connectivity index (χ0) is 23.3. The smallest absolute Gasteiger partial charge is 0.266 e. The van der Waals surface area contributed by atoms with E-state index in [4.69, 9.17) is 21.7 Å². The number of methoxy groups -OCH3 is 2. The monoisotopic (exact) mass is 471 g/mol. The summed E-state index contributed by atoms with van der Waals surface area (Å²) in [5, 5.41) is 13.7. The maximum atomic E-state index is 12.8. The van der Waals surface area contributed by atoms with Gasteiger partial charge in [0.25, 0.3) is 5.91 Å². The number of ether oxygens (including phenoxy) is 2. The first-order valence-electron chi connectivity index (χ1n) is 9.41. The van der Waals surface area contributed by atoms with Crippen molar-refractivity contribution in [2.24, 2.45) is 0 Å². The Morgan fingerprint density at radius 2 is 1.88 bits per heavy atom. The lowest BCUT2D eigenvalue weighted by atomic mass is 10.1. The summed E-state index contributed by atoms with van der Waals surface area (Å²) in [6, 6.07) is 11.2. The van der Waals surface area contributed by atoms with Crippen LogP contribution < -0.4 is 19.9 Å². The standard InChI is InChI=1S/C22H20N2O6S2/c1-29-16-8-7-13(11-17(16)30-2)12-18-20(26)24(22(31)32-18)10-9-19(25)23-15-6-4-3-5-14(15)21(27)28/h3-8,11-12H,9-10H2,1-2H3,(H,23,25)(H,27,28)/p-1/b18-12-. The third-order valence-corrected chi connectivity index (χ3v) is 5.94. The fourth-order valence-corrected chi connectivity index (χ4v) is 4.29. The van der Waals surface area contributed by atoms with Gasteiger partial charge in [-0.1, -0.05) is 48.2 Å². The van der Waals surface area contributed by atoms with Gasteiger partial charge in [0.15, 0.2) is 11.5 Å². The molecule has 32 heavy (non-hydrogen) atoms. The molecule has 2 aromatic carbocycles. The van der Waals surface area contributed by atoms with E-state index in [-0.39, 0.29) is 30.1 Å². The molecule has 2 aromatic rings. The molecular formula is C22H19N2O6S2-. The summed E-state index contributed by atoms with van der Waals surface area (Å²) in [6.07, 6.45) is 1.63. The number of carboxylic acids is 1.